The molecule has 1 unspecified atom stereocenters. The van der Waals surface area contributed by atoms with E-state index < -0.39 is 0 Å². The predicted octanol–water partition coefficient (Wildman–Crippen LogP) is 2.53. The molecule has 1 N–H and O–H groups in total. The lowest BCUT2D eigenvalue weighted by Crippen LogP contribution is -2.18. The molecule has 0 aliphatic carbocycles. The van der Waals surface area contributed by atoms with Gasteiger partial charge in [0.15, 0.2) is 5.82 Å². The van der Waals surface area contributed by atoms with Crippen LogP contribution in [0.15, 0.2) is 35.2 Å². The van der Waals surface area contributed by atoms with Crippen LogP contribution in [-0.2, 0) is 6.54 Å². The summed E-state index contributed by atoms with van der Waals surface area (Å²) in [5.74, 6) is 0.678. The molecule has 0 aliphatic heterocycles. The number of rotatable bonds is 4. The van der Waals surface area contributed by atoms with Crippen molar-refractivity contribution in [2.45, 2.75) is 19.5 Å². The minimum Gasteiger partial charge on any atom is -0.343 e. The standard InChI is InChI=1S/C11H12IN3O/c1-8(9-2-4-10(12)5-3-9)13-6-11-14-7-16-15-11/h2-5,7-8,13H,6H2,1H3. The van der Waals surface area contributed by atoms with Crippen LogP contribution in [0.2, 0.25) is 0 Å². The van der Waals surface area contributed by atoms with Gasteiger partial charge in [-0.15, -0.1) is 0 Å². The molecule has 1 atom stereocenters. The summed E-state index contributed by atoms with van der Waals surface area (Å²) in [6.45, 7) is 2.73. The van der Waals surface area contributed by atoms with Gasteiger partial charge in [0, 0.05) is 9.61 Å². The Kier molecular flexibility index (Phi) is 3.89. The molecule has 2 rings (SSSR count). The molecule has 0 saturated carbocycles. The number of aromatic nitrogens is 2. The van der Waals surface area contributed by atoms with Crippen molar-refractivity contribution in [3.05, 3.63) is 45.6 Å². The van der Waals surface area contributed by atoms with Crippen molar-refractivity contribution in [2.75, 3.05) is 0 Å². The van der Waals surface area contributed by atoms with Crippen LogP contribution in [-0.4, -0.2) is 10.1 Å². The summed E-state index contributed by atoms with van der Waals surface area (Å²) in [4.78, 5) is 3.95. The van der Waals surface area contributed by atoms with E-state index in [0.717, 1.165) is 0 Å². The normalized spacial score (nSPS) is 12.6. The Morgan fingerprint density at radius 3 is 2.75 bits per heavy atom. The first-order valence-electron chi connectivity index (χ1n) is 5.00. The summed E-state index contributed by atoms with van der Waals surface area (Å²) >= 11 is 2.30. The number of hydrogen-bond acceptors (Lipinski definition) is 4. The number of benzene rings is 1. The second-order valence-corrected chi connectivity index (χ2v) is 4.75. The molecule has 0 amide bonds. The zero-order valence-electron chi connectivity index (χ0n) is 8.85. The molecule has 0 fully saturated rings. The molecule has 0 spiro atoms. The average Bonchev–Trinajstić information content (AvgIpc) is 2.80. The third-order valence-electron chi connectivity index (χ3n) is 2.34. The summed E-state index contributed by atoms with van der Waals surface area (Å²) in [5.41, 5.74) is 1.25. The molecule has 0 aliphatic rings. The van der Waals surface area contributed by atoms with E-state index in [2.05, 4.69) is 73.8 Å². The Morgan fingerprint density at radius 2 is 2.12 bits per heavy atom. The van der Waals surface area contributed by atoms with Crippen molar-refractivity contribution in [1.82, 2.24) is 15.5 Å². The lowest BCUT2D eigenvalue weighted by atomic mass is 10.1. The molecular formula is C11H12IN3O. The third-order valence-corrected chi connectivity index (χ3v) is 3.06. The van der Waals surface area contributed by atoms with Gasteiger partial charge in [-0.3, -0.25) is 0 Å². The fourth-order valence-corrected chi connectivity index (χ4v) is 1.74. The molecule has 1 aromatic carbocycles. The van der Waals surface area contributed by atoms with Gasteiger partial charge in [-0.25, -0.2) is 0 Å². The number of nitrogens with one attached hydrogen (secondary N) is 1. The molecule has 5 heteroatoms. The van der Waals surface area contributed by atoms with Gasteiger partial charge in [-0.05, 0) is 47.2 Å². The molecule has 0 saturated heterocycles. The van der Waals surface area contributed by atoms with E-state index in [9.17, 15) is 0 Å². The van der Waals surface area contributed by atoms with Gasteiger partial charge in [0.2, 0.25) is 6.39 Å². The molecule has 1 heterocycles. The maximum Gasteiger partial charge on any atom is 0.213 e. The van der Waals surface area contributed by atoms with Gasteiger partial charge < -0.3 is 9.84 Å². The molecule has 4 nitrogen and oxygen atoms in total. The van der Waals surface area contributed by atoms with Crippen LogP contribution in [0.25, 0.3) is 0 Å². The molecule has 1 aromatic heterocycles. The van der Waals surface area contributed by atoms with Crippen LogP contribution < -0.4 is 5.32 Å². The Balaban J connectivity index is 1.93. The first kappa shape index (κ1) is 11.5. The van der Waals surface area contributed by atoms with Crippen molar-refractivity contribution in [1.29, 1.82) is 0 Å². The first-order chi connectivity index (χ1) is 7.75. The molecule has 84 valence electrons. The maximum atomic E-state index is 4.67. The highest BCUT2D eigenvalue weighted by Crippen LogP contribution is 2.14. The predicted molar refractivity (Wildman–Crippen MR) is 68.7 cm³/mol. The molecule has 16 heavy (non-hydrogen) atoms. The van der Waals surface area contributed by atoms with Gasteiger partial charge in [0.05, 0.1) is 6.54 Å². The molecule has 2 aromatic rings. The molecule has 0 radical (unpaired) electrons. The quantitative estimate of drug-likeness (QED) is 0.876. The lowest BCUT2D eigenvalue weighted by Gasteiger charge is -2.12. The fraction of sp³-hybridized carbons (Fsp3) is 0.273. The SMILES string of the molecule is CC(NCc1ncon1)c1ccc(I)cc1. The first-order valence-corrected chi connectivity index (χ1v) is 6.07. The van der Waals surface area contributed by atoms with Crippen molar-refractivity contribution in [2.24, 2.45) is 0 Å². The Hall–Kier alpha value is -0.950. The van der Waals surface area contributed by atoms with E-state index in [1.165, 1.54) is 15.5 Å². The van der Waals surface area contributed by atoms with E-state index in [0.29, 0.717) is 12.4 Å². The van der Waals surface area contributed by atoms with Crippen LogP contribution in [0.3, 0.4) is 0 Å². The Morgan fingerprint density at radius 1 is 1.38 bits per heavy atom. The minimum absolute atomic E-state index is 0.274. The van der Waals surface area contributed by atoms with Crippen LogP contribution in [0.1, 0.15) is 24.4 Å². The van der Waals surface area contributed by atoms with Gasteiger partial charge >= 0.3 is 0 Å². The second kappa shape index (κ2) is 5.40. The van der Waals surface area contributed by atoms with E-state index in [-0.39, 0.29) is 6.04 Å². The average molecular weight is 329 g/mol. The van der Waals surface area contributed by atoms with Gasteiger partial charge in [0.25, 0.3) is 0 Å². The highest BCUT2D eigenvalue weighted by atomic mass is 127. The van der Waals surface area contributed by atoms with Gasteiger partial charge in [0.1, 0.15) is 0 Å². The van der Waals surface area contributed by atoms with Crippen molar-refractivity contribution in [3.63, 3.8) is 0 Å². The van der Waals surface area contributed by atoms with Crippen LogP contribution in [0.4, 0.5) is 0 Å². The van der Waals surface area contributed by atoms with Crippen molar-refractivity contribution in [3.8, 4) is 0 Å². The van der Waals surface area contributed by atoms with Crippen LogP contribution >= 0.6 is 22.6 Å². The summed E-state index contributed by atoms with van der Waals surface area (Å²) in [6, 6.07) is 8.71. The van der Waals surface area contributed by atoms with E-state index >= 15 is 0 Å². The van der Waals surface area contributed by atoms with Crippen LogP contribution in [0, 0.1) is 3.57 Å². The van der Waals surface area contributed by atoms with E-state index in [1.54, 1.807) is 0 Å². The summed E-state index contributed by atoms with van der Waals surface area (Å²) in [5, 5.41) is 7.08. The summed E-state index contributed by atoms with van der Waals surface area (Å²) in [7, 11) is 0. The smallest absolute Gasteiger partial charge is 0.213 e. The number of halogens is 1. The highest BCUT2D eigenvalue weighted by Gasteiger charge is 2.06. The summed E-state index contributed by atoms with van der Waals surface area (Å²) < 4.78 is 5.91. The van der Waals surface area contributed by atoms with Gasteiger partial charge in [-0.2, -0.15) is 4.98 Å². The number of hydrogen-bond donors (Lipinski definition) is 1. The van der Waals surface area contributed by atoms with Crippen molar-refractivity contribution < 1.29 is 4.52 Å². The lowest BCUT2D eigenvalue weighted by molar-refractivity contribution is 0.405. The van der Waals surface area contributed by atoms with Gasteiger partial charge in [-0.1, -0.05) is 17.3 Å². The third kappa shape index (κ3) is 3.02. The fourth-order valence-electron chi connectivity index (χ4n) is 1.38. The second-order valence-electron chi connectivity index (χ2n) is 3.50. The Labute approximate surface area is 108 Å². The topological polar surface area (TPSA) is 51.0 Å². The zero-order chi connectivity index (χ0) is 11.4. The highest BCUT2D eigenvalue weighted by molar-refractivity contribution is 14.1. The summed E-state index contributed by atoms with van der Waals surface area (Å²) in [6.07, 6.45) is 1.34. The monoisotopic (exact) mass is 329 g/mol. The van der Waals surface area contributed by atoms with E-state index in [1.807, 2.05) is 0 Å². The maximum absolute atomic E-state index is 4.67. The zero-order valence-corrected chi connectivity index (χ0v) is 11.0. The molecule has 0 bridgehead atoms. The van der Waals surface area contributed by atoms with E-state index in [4.69, 9.17) is 0 Å². The number of nitrogens with zero attached hydrogens (tertiary/aromatic N) is 2. The van der Waals surface area contributed by atoms with Crippen LogP contribution in [0.5, 0.6) is 0 Å². The largest absolute Gasteiger partial charge is 0.343 e. The molecular weight excluding hydrogens is 317 g/mol. The Bertz CT molecular complexity index is 427. The van der Waals surface area contributed by atoms with Crippen molar-refractivity contribution >= 4 is 22.6 Å². The minimum atomic E-state index is 0.274.